The average molecular weight is 382 g/mol. The number of anilines is 1. The van der Waals surface area contributed by atoms with Crippen molar-refractivity contribution in [3.63, 3.8) is 0 Å². The number of benzene rings is 1. The second-order valence-electron chi connectivity index (χ2n) is 8.56. The molecule has 0 saturated carbocycles. The monoisotopic (exact) mass is 381 g/mol. The fraction of sp³-hybridized carbons (Fsp3) is 0.455. The highest BCUT2D eigenvalue weighted by molar-refractivity contribution is 7.19. The topological polar surface area (TPSA) is 58.0 Å². The van der Waals surface area contributed by atoms with Crippen LogP contribution in [0.1, 0.15) is 43.2 Å². The summed E-state index contributed by atoms with van der Waals surface area (Å²) in [6.45, 7) is 7.87. The zero-order valence-corrected chi connectivity index (χ0v) is 17.1. The lowest BCUT2D eigenvalue weighted by Crippen LogP contribution is -2.26. The van der Waals surface area contributed by atoms with Crippen molar-refractivity contribution in [1.82, 2.24) is 9.97 Å². The Hall–Kier alpha value is -2.14. The lowest BCUT2D eigenvalue weighted by molar-refractivity contribution is 0.218. The van der Waals surface area contributed by atoms with E-state index in [-0.39, 0.29) is 0 Å². The van der Waals surface area contributed by atoms with Crippen LogP contribution in [0.2, 0.25) is 0 Å². The summed E-state index contributed by atoms with van der Waals surface area (Å²) in [5.41, 5.74) is 3.01. The minimum Gasteiger partial charge on any atom is -0.508 e. The van der Waals surface area contributed by atoms with Crippen LogP contribution < -0.4 is 5.32 Å². The van der Waals surface area contributed by atoms with Crippen LogP contribution in [-0.4, -0.2) is 21.6 Å². The number of aromatic nitrogens is 2. The van der Waals surface area contributed by atoms with E-state index < -0.39 is 0 Å². The summed E-state index contributed by atoms with van der Waals surface area (Å²) in [6, 6.07) is 7.40. The van der Waals surface area contributed by atoms with Crippen LogP contribution in [0.25, 0.3) is 10.2 Å². The van der Waals surface area contributed by atoms with Gasteiger partial charge in [-0.25, -0.2) is 9.97 Å². The highest BCUT2D eigenvalue weighted by Crippen LogP contribution is 2.44. The van der Waals surface area contributed by atoms with E-state index in [1.807, 2.05) is 23.5 Å². The summed E-state index contributed by atoms with van der Waals surface area (Å²) >= 11 is 1.85. The number of phenolic OH excluding ortho intramolecular Hbond substituents is 1. The first-order chi connectivity index (χ1) is 12.9. The fourth-order valence-corrected chi connectivity index (χ4v) is 5.24. The predicted molar refractivity (Wildman–Crippen MR) is 113 cm³/mol. The molecule has 0 amide bonds. The number of rotatable bonds is 4. The summed E-state index contributed by atoms with van der Waals surface area (Å²) in [5, 5.41) is 14.2. The van der Waals surface area contributed by atoms with E-state index in [9.17, 15) is 5.11 Å². The molecule has 2 heterocycles. The molecule has 1 aliphatic rings. The number of hydrogen-bond donors (Lipinski definition) is 2. The van der Waals surface area contributed by atoms with Gasteiger partial charge < -0.3 is 10.4 Å². The van der Waals surface area contributed by atoms with Gasteiger partial charge in [0.1, 0.15) is 22.7 Å². The van der Waals surface area contributed by atoms with E-state index in [0.29, 0.717) is 11.2 Å². The summed E-state index contributed by atoms with van der Waals surface area (Å²) in [5.74, 6) is 2.00. The van der Waals surface area contributed by atoms with Crippen LogP contribution in [-0.2, 0) is 19.3 Å². The van der Waals surface area contributed by atoms with E-state index in [1.54, 1.807) is 18.5 Å². The van der Waals surface area contributed by atoms with Gasteiger partial charge in [-0.1, -0.05) is 32.9 Å². The molecule has 142 valence electrons. The van der Waals surface area contributed by atoms with E-state index in [0.717, 1.165) is 42.4 Å². The molecular weight excluding hydrogens is 354 g/mol. The molecule has 0 fully saturated rings. The van der Waals surface area contributed by atoms with E-state index in [4.69, 9.17) is 0 Å². The molecule has 0 spiro atoms. The molecule has 0 saturated heterocycles. The Bertz CT molecular complexity index is 941. The van der Waals surface area contributed by atoms with E-state index >= 15 is 0 Å². The molecule has 2 aromatic heterocycles. The van der Waals surface area contributed by atoms with Crippen molar-refractivity contribution in [3.8, 4) is 5.75 Å². The quantitative estimate of drug-likeness (QED) is 0.652. The smallest absolute Gasteiger partial charge is 0.138 e. The van der Waals surface area contributed by atoms with Crippen LogP contribution in [0.3, 0.4) is 0 Å². The van der Waals surface area contributed by atoms with Gasteiger partial charge in [-0.2, -0.15) is 0 Å². The van der Waals surface area contributed by atoms with Crippen LogP contribution in [0.15, 0.2) is 30.6 Å². The molecule has 4 nitrogen and oxygen atoms in total. The predicted octanol–water partition coefficient (Wildman–Crippen LogP) is 5.20. The summed E-state index contributed by atoms with van der Waals surface area (Å²) in [4.78, 5) is 11.7. The highest BCUT2D eigenvalue weighted by Gasteiger charge is 2.31. The first kappa shape index (κ1) is 18.2. The van der Waals surface area contributed by atoms with Gasteiger partial charge in [-0.05, 0) is 60.3 Å². The molecule has 0 radical (unpaired) electrons. The maximum Gasteiger partial charge on any atom is 0.138 e. The average Bonchev–Trinajstić information content (AvgIpc) is 3.01. The molecule has 2 N–H and O–H groups in total. The first-order valence-corrected chi connectivity index (χ1v) is 10.5. The van der Waals surface area contributed by atoms with Crippen LogP contribution in [0, 0.1) is 11.3 Å². The Labute approximate surface area is 164 Å². The summed E-state index contributed by atoms with van der Waals surface area (Å²) in [6.07, 6.45) is 6.09. The molecule has 1 unspecified atom stereocenters. The van der Waals surface area contributed by atoms with Crippen molar-refractivity contribution < 1.29 is 5.11 Å². The minimum absolute atomic E-state index is 0.308. The van der Waals surface area contributed by atoms with Crippen LogP contribution >= 0.6 is 11.3 Å². The fourth-order valence-electron chi connectivity index (χ4n) is 3.97. The number of thiophene rings is 1. The second-order valence-corrected chi connectivity index (χ2v) is 9.64. The minimum atomic E-state index is 0.308. The molecule has 0 bridgehead atoms. The first-order valence-electron chi connectivity index (χ1n) is 9.69. The van der Waals surface area contributed by atoms with Crippen molar-refractivity contribution in [2.75, 3.05) is 11.9 Å². The molecule has 1 atom stereocenters. The lowest BCUT2D eigenvalue weighted by Gasteiger charge is -2.33. The normalized spacial score (nSPS) is 17.1. The Morgan fingerprint density at radius 2 is 1.96 bits per heavy atom. The molecule has 0 aliphatic heterocycles. The van der Waals surface area contributed by atoms with Crippen molar-refractivity contribution in [3.05, 3.63) is 46.6 Å². The largest absolute Gasteiger partial charge is 0.508 e. The maximum absolute atomic E-state index is 9.40. The van der Waals surface area contributed by atoms with Crippen molar-refractivity contribution >= 4 is 27.4 Å². The van der Waals surface area contributed by atoms with Crippen LogP contribution in [0.5, 0.6) is 5.75 Å². The Morgan fingerprint density at radius 1 is 1.19 bits per heavy atom. The van der Waals surface area contributed by atoms with Gasteiger partial charge >= 0.3 is 0 Å². The molecule has 1 aliphatic carbocycles. The molecule has 4 rings (SSSR count). The maximum atomic E-state index is 9.40. The van der Waals surface area contributed by atoms with Gasteiger partial charge in [-0.3, -0.25) is 0 Å². The number of nitrogens with zero attached hydrogens (tertiary/aromatic N) is 2. The second kappa shape index (κ2) is 7.12. The van der Waals surface area contributed by atoms with Gasteiger partial charge in [0.25, 0.3) is 0 Å². The van der Waals surface area contributed by atoms with E-state index in [1.165, 1.54) is 27.8 Å². The number of hydrogen-bond acceptors (Lipinski definition) is 5. The zero-order chi connectivity index (χ0) is 19.0. The number of nitrogens with one attached hydrogen (secondary N) is 1. The standard InChI is InChI=1S/C22H27N3OS/c1-22(2,3)15-6-9-17-18(12-15)27-21-19(17)20(24-13-25-21)23-11-10-14-4-7-16(26)8-5-14/h4-5,7-8,13,15,26H,6,9-12H2,1-3H3,(H,23,24,25). The third kappa shape index (κ3) is 3.79. The third-order valence-corrected chi connectivity index (χ3v) is 6.87. The Kier molecular flexibility index (Phi) is 4.81. The van der Waals surface area contributed by atoms with Crippen molar-refractivity contribution in [2.24, 2.45) is 11.3 Å². The molecule has 5 heteroatoms. The lowest BCUT2D eigenvalue weighted by atomic mass is 9.72. The molecule has 27 heavy (non-hydrogen) atoms. The highest BCUT2D eigenvalue weighted by atomic mass is 32.1. The number of aromatic hydroxyl groups is 1. The molecule has 1 aromatic carbocycles. The van der Waals surface area contributed by atoms with E-state index in [2.05, 4.69) is 36.1 Å². The van der Waals surface area contributed by atoms with Gasteiger partial charge in [0.15, 0.2) is 0 Å². The van der Waals surface area contributed by atoms with Gasteiger partial charge in [0, 0.05) is 11.4 Å². The van der Waals surface area contributed by atoms with Gasteiger partial charge in [-0.15, -0.1) is 11.3 Å². The molecular formula is C22H27N3OS. The third-order valence-electron chi connectivity index (χ3n) is 5.71. The van der Waals surface area contributed by atoms with Gasteiger partial charge in [0.2, 0.25) is 0 Å². The summed E-state index contributed by atoms with van der Waals surface area (Å²) in [7, 11) is 0. The van der Waals surface area contributed by atoms with Crippen molar-refractivity contribution in [2.45, 2.75) is 46.5 Å². The van der Waals surface area contributed by atoms with Crippen LogP contribution in [0.4, 0.5) is 5.82 Å². The Morgan fingerprint density at radius 3 is 2.70 bits per heavy atom. The summed E-state index contributed by atoms with van der Waals surface area (Å²) < 4.78 is 0. The van der Waals surface area contributed by atoms with Crippen molar-refractivity contribution in [1.29, 1.82) is 0 Å². The number of aryl methyl sites for hydroxylation is 1. The SMILES string of the molecule is CC(C)(C)C1CCc2c(sc3ncnc(NCCc4ccc(O)cc4)c23)C1. The Balaban J connectivity index is 1.54. The number of phenols is 1. The van der Waals surface area contributed by atoms with Gasteiger partial charge in [0.05, 0.1) is 5.39 Å². The number of fused-ring (bicyclic) bond motifs is 3. The zero-order valence-electron chi connectivity index (χ0n) is 16.2. The molecule has 3 aromatic rings.